The van der Waals surface area contributed by atoms with Gasteiger partial charge in [-0.25, -0.2) is 0 Å². The van der Waals surface area contributed by atoms with E-state index in [0.29, 0.717) is 6.54 Å². The van der Waals surface area contributed by atoms with Crippen molar-refractivity contribution in [1.82, 2.24) is 0 Å². The van der Waals surface area contributed by atoms with E-state index in [0.717, 1.165) is 6.42 Å². The van der Waals surface area contributed by atoms with Crippen LogP contribution >= 0.6 is 0 Å². The number of hydrogen-bond donors (Lipinski definition) is 1. The highest BCUT2D eigenvalue weighted by Gasteiger charge is 1.97. The van der Waals surface area contributed by atoms with Crippen LogP contribution in [0.1, 0.15) is 18.1 Å². The standard InChI is InChI=1S/C15H17N/c1-2-12-3-7-14(8-4-12)15-9-5-13(11-16)6-10-15/h3-10H,2,11,16H2,1H3. The smallest absolute Gasteiger partial charge is 0.0178 e. The molecule has 0 bridgehead atoms. The molecule has 1 heteroatoms. The Labute approximate surface area is 96.9 Å². The lowest BCUT2D eigenvalue weighted by Gasteiger charge is -2.04. The van der Waals surface area contributed by atoms with Crippen LogP contribution in [0.5, 0.6) is 0 Å². The third-order valence-corrected chi connectivity index (χ3v) is 2.89. The molecular weight excluding hydrogens is 194 g/mol. The van der Waals surface area contributed by atoms with Crippen molar-refractivity contribution in [2.45, 2.75) is 19.9 Å². The van der Waals surface area contributed by atoms with Gasteiger partial charge >= 0.3 is 0 Å². The third kappa shape index (κ3) is 2.31. The summed E-state index contributed by atoms with van der Waals surface area (Å²) in [6, 6.07) is 17.2. The summed E-state index contributed by atoms with van der Waals surface area (Å²) in [5.74, 6) is 0. The predicted molar refractivity (Wildman–Crippen MR) is 69.1 cm³/mol. The summed E-state index contributed by atoms with van der Waals surface area (Å²) in [6.45, 7) is 2.78. The molecule has 0 spiro atoms. The van der Waals surface area contributed by atoms with Gasteiger partial charge in [-0.15, -0.1) is 0 Å². The average molecular weight is 211 g/mol. The van der Waals surface area contributed by atoms with E-state index < -0.39 is 0 Å². The molecule has 0 saturated carbocycles. The lowest BCUT2D eigenvalue weighted by Crippen LogP contribution is -1.95. The molecule has 2 N–H and O–H groups in total. The Balaban J connectivity index is 2.28. The molecule has 2 rings (SSSR count). The van der Waals surface area contributed by atoms with Gasteiger partial charge in [-0.3, -0.25) is 0 Å². The molecule has 0 saturated heterocycles. The van der Waals surface area contributed by atoms with Crippen LogP contribution in [0.2, 0.25) is 0 Å². The van der Waals surface area contributed by atoms with Gasteiger partial charge in [-0.1, -0.05) is 55.5 Å². The second kappa shape index (κ2) is 4.95. The van der Waals surface area contributed by atoms with Gasteiger partial charge in [0.15, 0.2) is 0 Å². The van der Waals surface area contributed by atoms with Crippen LogP contribution in [0.15, 0.2) is 48.5 Å². The van der Waals surface area contributed by atoms with E-state index in [1.807, 2.05) is 0 Å². The third-order valence-electron chi connectivity index (χ3n) is 2.89. The van der Waals surface area contributed by atoms with Gasteiger partial charge in [-0.2, -0.15) is 0 Å². The van der Waals surface area contributed by atoms with Gasteiger partial charge in [0.1, 0.15) is 0 Å². The van der Waals surface area contributed by atoms with E-state index >= 15 is 0 Å². The zero-order chi connectivity index (χ0) is 11.4. The van der Waals surface area contributed by atoms with Crippen molar-refractivity contribution in [1.29, 1.82) is 0 Å². The average Bonchev–Trinajstić information content (AvgIpc) is 2.39. The molecule has 82 valence electrons. The van der Waals surface area contributed by atoms with Crippen molar-refractivity contribution in [3.05, 3.63) is 59.7 Å². The highest BCUT2D eigenvalue weighted by atomic mass is 14.5. The normalized spacial score (nSPS) is 10.4. The Morgan fingerprint density at radius 1 is 0.750 bits per heavy atom. The molecule has 0 aliphatic carbocycles. The summed E-state index contributed by atoms with van der Waals surface area (Å²) in [7, 11) is 0. The second-order valence-electron chi connectivity index (χ2n) is 3.95. The Hall–Kier alpha value is -1.60. The molecule has 0 fully saturated rings. The van der Waals surface area contributed by atoms with Gasteiger partial charge in [0.2, 0.25) is 0 Å². The molecule has 2 aromatic rings. The molecule has 0 aliphatic rings. The molecule has 2 aromatic carbocycles. The molecule has 0 aromatic heterocycles. The summed E-state index contributed by atoms with van der Waals surface area (Å²) in [6.07, 6.45) is 1.09. The van der Waals surface area contributed by atoms with Gasteiger partial charge in [-0.05, 0) is 28.7 Å². The zero-order valence-electron chi connectivity index (χ0n) is 9.61. The maximum atomic E-state index is 5.58. The van der Waals surface area contributed by atoms with Crippen LogP contribution in [0.25, 0.3) is 11.1 Å². The molecule has 1 nitrogen and oxygen atoms in total. The number of aryl methyl sites for hydroxylation is 1. The minimum atomic E-state index is 0.606. The number of rotatable bonds is 3. The minimum Gasteiger partial charge on any atom is -0.326 e. The zero-order valence-corrected chi connectivity index (χ0v) is 9.61. The lowest BCUT2D eigenvalue weighted by molar-refractivity contribution is 1.07. The topological polar surface area (TPSA) is 26.0 Å². The quantitative estimate of drug-likeness (QED) is 0.827. The minimum absolute atomic E-state index is 0.606. The first-order valence-electron chi connectivity index (χ1n) is 5.72. The fourth-order valence-corrected chi connectivity index (χ4v) is 1.77. The van der Waals surface area contributed by atoms with Crippen molar-refractivity contribution in [3.8, 4) is 11.1 Å². The Bertz CT molecular complexity index is 394. The highest BCUT2D eigenvalue weighted by Crippen LogP contribution is 2.20. The second-order valence-corrected chi connectivity index (χ2v) is 3.95. The number of hydrogen-bond acceptors (Lipinski definition) is 1. The first-order valence-corrected chi connectivity index (χ1v) is 5.72. The maximum Gasteiger partial charge on any atom is 0.0178 e. The summed E-state index contributed by atoms with van der Waals surface area (Å²) in [5, 5.41) is 0. The summed E-state index contributed by atoms with van der Waals surface area (Å²) >= 11 is 0. The molecule has 0 radical (unpaired) electrons. The Morgan fingerprint density at radius 3 is 1.56 bits per heavy atom. The van der Waals surface area contributed by atoms with E-state index in [1.54, 1.807) is 0 Å². The molecule has 0 amide bonds. The summed E-state index contributed by atoms with van der Waals surface area (Å²) in [5.41, 5.74) is 10.6. The fourth-order valence-electron chi connectivity index (χ4n) is 1.77. The van der Waals surface area contributed by atoms with Gasteiger partial charge in [0.25, 0.3) is 0 Å². The van der Waals surface area contributed by atoms with Crippen LogP contribution in [0.3, 0.4) is 0 Å². The van der Waals surface area contributed by atoms with Crippen LogP contribution in [0.4, 0.5) is 0 Å². The van der Waals surface area contributed by atoms with Crippen LogP contribution in [-0.2, 0) is 13.0 Å². The van der Waals surface area contributed by atoms with Crippen LogP contribution < -0.4 is 5.73 Å². The van der Waals surface area contributed by atoms with Crippen molar-refractivity contribution < 1.29 is 0 Å². The first-order chi connectivity index (χ1) is 7.83. The van der Waals surface area contributed by atoms with E-state index in [2.05, 4.69) is 55.5 Å². The van der Waals surface area contributed by atoms with Crippen molar-refractivity contribution in [3.63, 3.8) is 0 Å². The molecule has 0 unspecified atom stereocenters. The molecule has 0 heterocycles. The molecule has 0 atom stereocenters. The molecule has 16 heavy (non-hydrogen) atoms. The first kappa shape index (κ1) is 10.9. The molecule has 0 aliphatic heterocycles. The van der Waals surface area contributed by atoms with Crippen LogP contribution in [-0.4, -0.2) is 0 Å². The van der Waals surface area contributed by atoms with Crippen molar-refractivity contribution in [2.75, 3.05) is 0 Å². The fraction of sp³-hybridized carbons (Fsp3) is 0.200. The van der Waals surface area contributed by atoms with Gasteiger partial charge in [0.05, 0.1) is 0 Å². The van der Waals surface area contributed by atoms with Crippen LogP contribution in [0, 0.1) is 0 Å². The Kier molecular flexibility index (Phi) is 3.37. The Morgan fingerprint density at radius 2 is 1.19 bits per heavy atom. The molecular formula is C15H17N. The van der Waals surface area contributed by atoms with E-state index in [4.69, 9.17) is 5.73 Å². The number of nitrogens with two attached hydrogens (primary N) is 1. The SMILES string of the molecule is CCc1ccc(-c2ccc(CN)cc2)cc1. The van der Waals surface area contributed by atoms with E-state index in [9.17, 15) is 0 Å². The predicted octanol–water partition coefficient (Wildman–Crippen LogP) is 3.37. The summed E-state index contributed by atoms with van der Waals surface area (Å²) in [4.78, 5) is 0. The van der Waals surface area contributed by atoms with Crippen molar-refractivity contribution >= 4 is 0 Å². The van der Waals surface area contributed by atoms with Gasteiger partial charge < -0.3 is 5.73 Å². The summed E-state index contributed by atoms with van der Waals surface area (Å²) < 4.78 is 0. The van der Waals surface area contributed by atoms with Crippen molar-refractivity contribution in [2.24, 2.45) is 5.73 Å². The maximum absolute atomic E-state index is 5.58. The lowest BCUT2D eigenvalue weighted by atomic mass is 10.0. The number of benzene rings is 2. The van der Waals surface area contributed by atoms with E-state index in [-0.39, 0.29) is 0 Å². The van der Waals surface area contributed by atoms with Gasteiger partial charge in [0, 0.05) is 6.54 Å². The monoisotopic (exact) mass is 211 g/mol. The largest absolute Gasteiger partial charge is 0.326 e. The van der Waals surface area contributed by atoms with E-state index in [1.165, 1.54) is 22.3 Å². The highest BCUT2D eigenvalue weighted by molar-refractivity contribution is 5.63.